The van der Waals surface area contributed by atoms with Crippen LogP contribution in [0.25, 0.3) is 0 Å². The van der Waals surface area contributed by atoms with E-state index in [9.17, 15) is 14.4 Å². The van der Waals surface area contributed by atoms with Gasteiger partial charge in [-0.1, -0.05) is 253 Å². The largest absolute Gasteiger partial charge is 0.462 e. The fraction of sp³-hybridized carbons (Fsp3) is 0.703. The molecule has 0 spiro atoms. The lowest BCUT2D eigenvalue weighted by atomic mass is 10.0. The number of carbonyl (C=O) groups excluding carboxylic acids is 3. The van der Waals surface area contributed by atoms with Crippen molar-refractivity contribution in [3.63, 3.8) is 0 Å². The zero-order chi connectivity index (χ0) is 50.7. The number of allylic oxidation sites excluding steroid dienone is 16. The maximum atomic E-state index is 12.8. The Bertz CT molecular complexity index is 1400. The first kappa shape index (κ1) is 66.3. The number of ether oxygens (including phenoxy) is 3. The highest BCUT2D eigenvalue weighted by Gasteiger charge is 2.19. The molecular formula is C64H108O6. The van der Waals surface area contributed by atoms with Gasteiger partial charge in [-0.3, -0.25) is 14.4 Å². The average molecular weight is 974 g/mol. The summed E-state index contributed by atoms with van der Waals surface area (Å²) in [6.45, 7) is 6.36. The second-order valence-electron chi connectivity index (χ2n) is 19.1. The van der Waals surface area contributed by atoms with Gasteiger partial charge in [-0.2, -0.15) is 0 Å². The van der Waals surface area contributed by atoms with Crippen LogP contribution in [0.2, 0.25) is 0 Å². The molecule has 400 valence electrons. The fourth-order valence-corrected chi connectivity index (χ4v) is 8.01. The van der Waals surface area contributed by atoms with Crippen LogP contribution in [0.4, 0.5) is 0 Å². The van der Waals surface area contributed by atoms with Gasteiger partial charge in [0.15, 0.2) is 6.10 Å². The molecular weight excluding hydrogens is 865 g/mol. The maximum Gasteiger partial charge on any atom is 0.306 e. The van der Waals surface area contributed by atoms with Crippen molar-refractivity contribution in [2.45, 2.75) is 277 Å². The Morgan fingerprint density at radius 1 is 0.300 bits per heavy atom. The van der Waals surface area contributed by atoms with Crippen LogP contribution in [0, 0.1) is 0 Å². The Morgan fingerprint density at radius 2 is 0.557 bits per heavy atom. The van der Waals surface area contributed by atoms with Crippen molar-refractivity contribution < 1.29 is 28.6 Å². The van der Waals surface area contributed by atoms with Crippen LogP contribution in [-0.2, 0) is 28.6 Å². The summed E-state index contributed by atoms with van der Waals surface area (Å²) in [5, 5.41) is 0. The van der Waals surface area contributed by atoms with Crippen molar-refractivity contribution in [2.24, 2.45) is 0 Å². The molecule has 0 saturated heterocycles. The second-order valence-corrected chi connectivity index (χ2v) is 19.1. The molecule has 0 saturated carbocycles. The molecule has 6 nitrogen and oxygen atoms in total. The molecule has 6 heteroatoms. The van der Waals surface area contributed by atoms with Gasteiger partial charge in [0.25, 0.3) is 0 Å². The Morgan fingerprint density at radius 3 is 0.871 bits per heavy atom. The van der Waals surface area contributed by atoms with Gasteiger partial charge in [0.1, 0.15) is 13.2 Å². The lowest BCUT2D eigenvalue weighted by Crippen LogP contribution is -2.30. The van der Waals surface area contributed by atoms with Gasteiger partial charge in [-0.15, -0.1) is 0 Å². The number of hydrogen-bond acceptors (Lipinski definition) is 6. The van der Waals surface area contributed by atoms with E-state index in [1.54, 1.807) is 0 Å². The lowest BCUT2D eigenvalue weighted by molar-refractivity contribution is -0.167. The molecule has 0 aromatic heterocycles. The Labute approximate surface area is 432 Å². The summed E-state index contributed by atoms with van der Waals surface area (Å²) >= 11 is 0. The highest BCUT2D eigenvalue weighted by molar-refractivity contribution is 5.71. The van der Waals surface area contributed by atoms with E-state index in [1.165, 1.54) is 122 Å². The quantitative estimate of drug-likeness (QED) is 0.0262. The zero-order valence-corrected chi connectivity index (χ0v) is 45.8. The van der Waals surface area contributed by atoms with E-state index in [0.717, 1.165) is 96.3 Å². The van der Waals surface area contributed by atoms with E-state index in [2.05, 4.69) is 118 Å². The summed E-state index contributed by atoms with van der Waals surface area (Å²) in [7, 11) is 0. The highest BCUT2D eigenvalue weighted by Crippen LogP contribution is 2.16. The monoisotopic (exact) mass is 973 g/mol. The number of esters is 3. The van der Waals surface area contributed by atoms with Crippen LogP contribution in [0.3, 0.4) is 0 Å². The molecule has 70 heavy (non-hydrogen) atoms. The fourth-order valence-electron chi connectivity index (χ4n) is 8.01. The van der Waals surface area contributed by atoms with Gasteiger partial charge in [0, 0.05) is 19.3 Å². The number of carbonyl (C=O) groups is 3. The normalized spacial score (nSPS) is 12.8. The summed E-state index contributed by atoms with van der Waals surface area (Å²) in [5.74, 6) is -0.987. The standard InChI is InChI=1S/C64H108O6/c1-4-7-10-13-16-19-22-25-28-29-30-31-32-33-34-37-39-42-45-48-51-54-57-63(66)69-60-61(70-64(67)58-55-52-49-46-43-40-36-27-24-21-18-15-12-9-6-3)59-68-62(65)56-53-50-47-44-41-38-35-26-23-20-17-14-11-8-5-2/h8-9,11-12,17-18,20-21,26-27,35-36,41,43-44,46,61H,4-7,10,13-16,19,22-25,28-34,37-40,42,45,47-60H2,1-3H3/b11-8-,12-9-,20-17-,21-18-,35-26-,36-27-,44-41-,46-43-. The van der Waals surface area contributed by atoms with Gasteiger partial charge >= 0.3 is 17.9 Å². The van der Waals surface area contributed by atoms with E-state index in [4.69, 9.17) is 14.2 Å². The molecule has 0 aromatic carbocycles. The molecule has 0 radical (unpaired) electrons. The molecule has 0 heterocycles. The van der Waals surface area contributed by atoms with Gasteiger partial charge < -0.3 is 14.2 Å². The Kier molecular flexibility index (Phi) is 54.9. The summed E-state index contributed by atoms with van der Waals surface area (Å²) in [6.07, 6.45) is 77.0. The SMILES string of the molecule is CC/C=C\C/C=C\C/C=C\C/C=C\CCCCC(=O)OCC(COC(=O)CCCCCCCCCCCCCCCCCCCCCCCC)OC(=O)CCCC/C=C\C/C=C\C/C=C\C/C=C\CC. The first-order chi connectivity index (χ1) is 34.5. The lowest BCUT2D eigenvalue weighted by Gasteiger charge is -2.18. The van der Waals surface area contributed by atoms with Crippen molar-refractivity contribution in [2.75, 3.05) is 13.2 Å². The third-order valence-corrected chi connectivity index (χ3v) is 12.3. The average Bonchev–Trinajstić information content (AvgIpc) is 3.36. The number of unbranched alkanes of at least 4 members (excludes halogenated alkanes) is 25. The third kappa shape index (κ3) is 55.3. The molecule has 0 aromatic rings. The van der Waals surface area contributed by atoms with Crippen LogP contribution >= 0.6 is 0 Å². The number of hydrogen-bond donors (Lipinski definition) is 0. The Hall–Kier alpha value is -3.67. The van der Waals surface area contributed by atoms with Crippen molar-refractivity contribution in [3.05, 3.63) is 97.2 Å². The second kappa shape index (κ2) is 57.9. The van der Waals surface area contributed by atoms with E-state index in [-0.39, 0.29) is 37.5 Å². The van der Waals surface area contributed by atoms with Crippen molar-refractivity contribution in [1.29, 1.82) is 0 Å². The van der Waals surface area contributed by atoms with E-state index < -0.39 is 6.10 Å². The van der Waals surface area contributed by atoms with Gasteiger partial charge in [0.2, 0.25) is 0 Å². The van der Waals surface area contributed by atoms with E-state index in [1.807, 2.05) is 0 Å². The van der Waals surface area contributed by atoms with Gasteiger partial charge in [-0.05, 0) is 96.3 Å². The van der Waals surface area contributed by atoms with Crippen LogP contribution in [0.5, 0.6) is 0 Å². The van der Waals surface area contributed by atoms with Gasteiger partial charge in [-0.25, -0.2) is 0 Å². The molecule has 0 aliphatic rings. The summed E-state index contributed by atoms with van der Waals surface area (Å²) in [6, 6.07) is 0. The van der Waals surface area contributed by atoms with Crippen LogP contribution in [0.15, 0.2) is 97.2 Å². The van der Waals surface area contributed by atoms with E-state index >= 15 is 0 Å². The van der Waals surface area contributed by atoms with Gasteiger partial charge in [0.05, 0.1) is 0 Å². The summed E-state index contributed by atoms with van der Waals surface area (Å²) in [5.41, 5.74) is 0. The topological polar surface area (TPSA) is 78.9 Å². The van der Waals surface area contributed by atoms with E-state index in [0.29, 0.717) is 25.7 Å². The first-order valence-electron chi connectivity index (χ1n) is 29.2. The zero-order valence-electron chi connectivity index (χ0n) is 45.8. The third-order valence-electron chi connectivity index (χ3n) is 12.3. The minimum Gasteiger partial charge on any atom is -0.462 e. The predicted octanol–water partition coefficient (Wildman–Crippen LogP) is 19.7. The smallest absolute Gasteiger partial charge is 0.306 e. The molecule has 0 amide bonds. The molecule has 1 atom stereocenters. The van der Waals surface area contributed by atoms with Crippen LogP contribution in [0.1, 0.15) is 271 Å². The molecule has 0 aliphatic heterocycles. The predicted molar refractivity (Wildman–Crippen MR) is 302 cm³/mol. The van der Waals surface area contributed by atoms with Crippen LogP contribution in [-0.4, -0.2) is 37.2 Å². The molecule has 0 rings (SSSR count). The Balaban J connectivity index is 4.41. The minimum absolute atomic E-state index is 0.106. The molecule has 0 fully saturated rings. The first-order valence-corrected chi connectivity index (χ1v) is 29.2. The summed E-state index contributed by atoms with van der Waals surface area (Å²) in [4.78, 5) is 38.1. The molecule has 0 bridgehead atoms. The summed E-state index contributed by atoms with van der Waals surface area (Å²) < 4.78 is 16.8. The molecule has 1 unspecified atom stereocenters. The van der Waals surface area contributed by atoms with Crippen molar-refractivity contribution in [1.82, 2.24) is 0 Å². The van der Waals surface area contributed by atoms with Crippen molar-refractivity contribution in [3.8, 4) is 0 Å². The maximum absolute atomic E-state index is 12.8. The highest BCUT2D eigenvalue weighted by atomic mass is 16.6. The van der Waals surface area contributed by atoms with Crippen LogP contribution < -0.4 is 0 Å². The van der Waals surface area contributed by atoms with Crippen molar-refractivity contribution >= 4 is 17.9 Å². The molecule has 0 aliphatic carbocycles. The molecule has 0 N–H and O–H groups in total. The minimum atomic E-state index is -0.816. The number of rotatable bonds is 52.